The van der Waals surface area contributed by atoms with E-state index in [0.717, 1.165) is 70.0 Å². The third kappa shape index (κ3) is 4.84. The Bertz CT molecular complexity index is 733. The highest BCUT2D eigenvalue weighted by Gasteiger charge is 2.53. The average Bonchev–Trinajstić information content (AvgIpc) is 3.06. The van der Waals surface area contributed by atoms with Crippen LogP contribution in [-0.2, 0) is 4.79 Å². The van der Waals surface area contributed by atoms with Crippen LogP contribution in [0.25, 0.3) is 0 Å². The Kier molecular flexibility index (Phi) is 7.46. The van der Waals surface area contributed by atoms with Crippen LogP contribution in [0.4, 0.5) is 5.69 Å². The molecule has 1 aromatic rings. The van der Waals surface area contributed by atoms with Gasteiger partial charge in [0, 0.05) is 31.4 Å². The van der Waals surface area contributed by atoms with Crippen molar-refractivity contribution in [1.82, 2.24) is 14.7 Å². The summed E-state index contributed by atoms with van der Waals surface area (Å²) >= 11 is 0. The molecule has 1 aliphatic carbocycles. The molecule has 1 aromatic carbocycles. The molecule has 5 heteroatoms. The summed E-state index contributed by atoms with van der Waals surface area (Å²) in [7, 11) is 4.21. The first-order valence-corrected chi connectivity index (χ1v) is 12.9. The summed E-state index contributed by atoms with van der Waals surface area (Å²) in [6.45, 7) is 9.47. The lowest BCUT2D eigenvalue weighted by molar-refractivity contribution is -0.134. The molecular weight excluding hydrogens is 396 g/mol. The first-order valence-electron chi connectivity index (χ1n) is 12.9. The number of carbonyl (C=O) groups is 1. The molecular formula is C27H44N4O. The van der Waals surface area contributed by atoms with Crippen molar-refractivity contribution in [3.8, 4) is 0 Å². The first-order chi connectivity index (χ1) is 15.4. The highest BCUT2D eigenvalue weighted by molar-refractivity contribution is 5.93. The van der Waals surface area contributed by atoms with Crippen LogP contribution in [0.1, 0.15) is 58.8 Å². The van der Waals surface area contributed by atoms with E-state index >= 15 is 0 Å². The van der Waals surface area contributed by atoms with Crippen molar-refractivity contribution >= 4 is 11.6 Å². The number of hydrogen-bond acceptors (Lipinski definition) is 4. The lowest BCUT2D eigenvalue weighted by Gasteiger charge is -2.47. The van der Waals surface area contributed by atoms with Crippen LogP contribution < -0.4 is 4.90 Å². The molecule has 5 nitrogen and oxygen atoms in total. The van der Waals surface area contributed by atoms with E-state index in [0.29, 0.717) is 5.91 Å². The van der Waals surface area contributed by atoms with Crippen LogP contribution in [0.5, 0.6) is 0 Å². The van der Waals surface area contributed by atoms with E-state index in [-0.39, 0.29) is 5.54 Å². The van der Waals surface area contributed by atoms with E-state index < -0.39 is 0 Å². The molecule has 1 amide bonds. The van der Waals surface area contributed by atoms with Gasteiger partial charge in [0.2, 0.25) is 5.91 Å². The van der Waals surface area contributed by atoms with E-state index in [1.54, 1.807) is 0 Å². The summed E-state index contributed by atoms with van der Waals surface area (Å²) in [5.41, 5.74) is 0.840. The number of hydrogen-bond donors (Lipinski definition) is 0. The van der Waals surface area contributed by atoms with Crippen molar-refractivity contribution < 1.29 is 4.79 Å². The van der Waals surface area contributed by atoms with Crippen molar-refractivity contribution in [2.24, 2.45) is 11.8 Å². The number of piperidine rings is 1. The Morgan fingerprint density at radius 2 is 1.69 bits per heavy atom. The zero-order chi connectivity index (χ0) is 22.7. The molecule has 2 heterocycles. The van der Waals surface area contributed by atoms with Crippen LogP contribution >= 0.6 is 0 Å². The fourth-order valence-electron chi connectivity index (χ4n) is 6.34. The largest absolute Gasteiger partial charge is 0.339 e. The maximum absolute atomic E-state index is 13.8. The number of para-hydroxylation sites is 1. The maximum Gasteiger partial charge on any atom is 0.250 e. The van der Waals surface area contributed by atoms with Gasteiger partial charge in [-0.05, 0) is 89.6 Å². The lowest BCUT2D eigenvalue weighted by Crippen LogP contribution is -2.58. The number of nitrogens with zero attached hydrogens (tertiary/aromatic N) is 4. The molecule has 2 aliphatic heterocycles. The van der Waals surface area contributed by atoms with Gasteiger partial charge in [0.1, 0.15) is 5.54 Å². The van der Waals surface area contributed by atoms with Crippen molar-refractivity contribution in [3.63, 3.8) is 0 Å². The van der Waals surface area contributed by atoms with E-state index in [4.69, 9.17) is 0 Å². The molecule has 1 saturated carbocycles. The number of amides is 1. The van der Waals surface area contributed by atoms with Crippen LogP contribution in [0.2, 0.25) is 0 Å². The molecule has 0 aromatic heterocycles. The molecule has 0 radical (unpaired) electrons. The molecule has 178 valence electrons. The van der Waals surface area contributed by atoms with Crippen molar-refractivity contribution in [1.29, 1.82) is 0 Å². The Morgan fingerprint density at radius 3 is 2.28 bits per heavy atom. The van der Waals surface area contributed by atoms with Crippen LogP contribution in [0.15, 0.2) is 30.3 Å². The van der Waals surface area contributed by atoms with E-state index in [1.165, 1.54) is 31.4 Å². The molecule has 0 N–H and O–H groups in total. The van der Waals surface area contributed by atoms with Crippen LogP contribution in [-0.4, -0.2) is 79.1 Å². The summed E-state index contributed by atoms with van der Waals surface area (Å²) in [5.74, 6) is 2.08. The number of likely N-dealkylation sites (tertiary alicyclic amines) is 1. The third-order valence-corrected chi connectivity index (χ3v) is 8.44. The summed E-state index contributed by atoms with van der Waals surface area (Å²) in [6.07, 6.45) is 8.36. The average molecular weight is 441 g/mol. The zero-order valence-corrected chi connectivity index (χ0v) is 20.8. The Morgan fingerprint density at radius 1 is 1.03 bits per heavy atom. The topological polar surface area (TPSA) is 30.0 Å². The number of rotatable bonds is 7. The minimum Gasteiger partial charge on any atom is -0.339 e. The highest BCUT2D eigenvalue weighted by Crippen LogP contribution is 2.41. The third-order valence-electron chi connectivity index (χ3n) is 8.44. The van der Waals surface area contributed by atoms with E-state index in [9.17, 15) is 4.79 Å². The molecule has 3 aliphatic rings. The molecule has 1 spiro atoms. The van der Waals surface area contributed by atoms with Gasteiger partial charge in [-0.25, -0.2) is 0 Å². The molecule has 0 unspecified atom stereocenters. The predicted molar refractivity (Wildman–Crippen MR) is 133 cm³/mol. The SMILES string of the molecule is CC(C)C1CCC(N2CCC3(CC2)C(=O)N(CCCN(C)C)CN3c2ccccc2)CC1. The Labute approximate surface area is 195 Å². The van der Waals surface area contributed by atoms with Gasteiger partial charge in [-0.2, -0.15) is 0 Å². The summed E-state index contributed by atoms with van der Waals surface area (Å²) in [6, 6.07) is 11.4. The minimum atomic E-state index is -0.356. The van der Waals surface area contributed by atoms with Crippen LogP contribution in [0, 0.1) is 11.8 Å². The molecule has 32 heavy (non-hydrogen) atoms. The number of anilines is 1. The Balaban J connectivity index is 1.44. The van der Waals surface area contributed by atoms with Crippen molar-refractivity contribution in [3.05, 3.63) is 30.3 Å². The van der Waals surface area contributed by atoms with Gasteiger partial charge >= 0.3 is 0 Å². The highest BCUT2D eigenvalue weighted by atomic mass is 16.2. The fraction of sp³-hybridized carbons (Fsp3) is 0.741. The van der Waals surface area contributed by atoms with Gasteiger partial charge in [-0.15, -0.1) is 0 Å². The Hall–Kier alpha value is -1.59. The number of carbonyl (C=O) groups excluding carboxylic acids is 1. The van der Waals surface area contributed by atoms with Crippen LogP contribution in [0.3, 0.4) is 0 Å². The predicted octanol–water partition coefficient (Wildman–Crippen LogP) is 4.29. The molecule has 3 fully saturated rings. The zero-order valence-electron chi connectivity index (χ0n) is 20.8. The maximum atomic E-state index is 13.8. The smallest absolute Gasteiger partial charge is 0.250 e. The van der Waals surface area contributed by atoms with Gasteiger partial charge in [0.05, 0.1) is 6.67 Å². The first kappa shape index (κ1) is 23.6. The van der Waals surface area contributed by atoms with Gasteiger partial charge in [0.25, 0.3) is 0 Å². The molecule has 4 rings (SSSR count). The second-order valence-corrected chi connectivity index (χ2v) is 11.0. The summed E-state index contributed by atoms with van der Waals surface area (Å²) in [4.78, 5) is 23.3. The summed E-state index contributed by atoms with van der Waals surface area (Å²) in [5, 5.41) is 0. The van der Waals surface area contributed by atoms with Gasteiger partial charge < -0.3 is 19.6 Å². The van der Waals surface area contributed by atoms with Crippen molar-refractivity contribution in [2.75, 3.05) is 51.8 Å². The van der Waals surface area contributed by atoms with Crippen molar-refractivity contribution in [2.45, 2.75) is 70.4 Å². The standard InChI is InChI=1S/C27H44N4O/c1-22(2)23-11-13-24(14-12-23)29-19-15-27(16-20-29)26(32)30(18-8-17-28(3)4)21-31(27)25-9-6-5-7-10-25/h5-7,9-10,22-24H,8,11-21H2,1-4H3. The fourth-order valence-corrected chi connectivity index (χ4v) is 6.34. The molecule has 2 saturated heterocycles. The van der Waals surface area contributed by atoms with Gasteiger partial charge in [-0.3, -0.25) is 4.79 Å². The van der Waals surface area contributed by atoms with E-state index in [2.05, 4.69) is 77.9 Å². The monoisotopic (exact) mass is 440 g/mol. The second kappa shape index (κ2) is 10.1. The summed E-state index contributed by atoms with van der Waals surface area (Å²) < 4.78 is 0. The van der Waals surface area contributed by atoms with Gasteiger partial charge in [-0.1, -0.05) is 32.0 Å². The normalized spacial score (nSPS) is 26.6. The number of benzene rings is 1. The molecule has 0 bridgehead atoms. The minimum absolute atomic E-state index is 0.356. The van der Waals surface area contributed by atoms with Gasteiger partial charge in [0.15, 0.2) is 0 Å². The lowest BCUT2D eigenvalue weighted by atomic mass is 9.78. The van der Waals surface area contributed by atoms with E-state index in [1.807, 2.05) is 0 Å². The second-order valence-electron chi connectivity index (χ2n) is 11.0. The quantitative estimate of drug-likeness (QED) is 0.633. The molecule has 0 atom stereocenters.